The second-order valence-electron chi connectivity index (χ2n) is 2.14. The van der Waals surface area contributed by atoms with Crippen molar-refractivity contribution in [2.24, 2.45) is 5.10 Å². The van der Waals surface area contributed by atoms with E-state index in [-0.39, 0.29) is 18.9 Å². The molecule has 0 saturated carbocycles. The number of β-amino-alcohol motifs (C(OH)–C–C–N with tert-alkyl or cyclic N) is 1. The molecular formula is C5H10N2O3. The Morgan fingerprint density at radius 3 is 2.80 bits per heavy atom. The fourth-order valence-corrected chi connectivity index (χ4v) is 0.769. The van der Waals surface area contributed by atoms with Crippen LogP contribution in [0.4, 0.5) is 0 Å². The average molecular weight is 147 g/mol. The molecule has 0 fully saturated rings. The molecule has 1 aliphatic rings. The van der Waals surface area contributed by atoms with Gasteiger partial charge in [0.25, 0.3) is 0 Å². The van der Waals surface area contributed by atoms with E-state index in [1.54, 1.807) is 0 Å². The molecule has 0 spiro atoms. The van der Waals surface area contributed by atoms with Gasteiger partial charge in [-0.3, -0.25) is 0 Å². The third-order valence-corrected chi connectivity index (χ3v) is 1.39. The zero-order valence-corrected chi connectivity index (χ0v) is 5.36. The second kappa shape index (κ2) is 2.96. The van der Waals surface area contributed by atoms with E-state index >= 15 is 0 Å². The summed E-state index contributed by atoms with van der Waals surface area (Å²) in [6.07, 6.45) is -1.88. The lowest BCUT2D eigenvalue weighted by Gasteiger charge is -2.22. The summed E-state index contributed by atoms with van der Waals surface area (Å²) in [5, 5.41) is 30.2. The van der Waals surface area contributed by atoms with Gasteiger partial charge in [-0.05, 0) is 0 Å². The van der Waals surface area contributed by atoms with Crippen LogP contribution >= 0.6 is 0 Å². The molecule has 0 aromatic heterocycles. The molecule has 58 valence electrons. The predicted molar refractivity (Wildman–Crippen MR) is 34.5 cm³/mol. The third-order valence-electron chi connectivity index (χ3n) is 1.39. The highest BCUT2D eigenvalue weighted by molar-refractivity contribution is 5.90. The number of aliphatic hydroxyl groups excluding tert-OH is 3. The monoisotopic (exact) mass is 147 g/mol. The number of hydrogen-bond acceptors (Lipinski definition) is 5. The summed E-state index contributed by atoms with van der Waals surface area (Å²) in [4.78, 5) is 0. The Hall–Kier alpha value is -0.650. The summed E-state index contributed by atoms with van der Waals surface area (Å²) in [6.45, 7) is -0.101. The third kappa shape index (κ3) is 1.26. The maximum Gasteiger partial charge on any atom is 0.124 e. The van der Waals surface area contributed by atoms with Crippen molar-refractivity contribution in [1.29, 1.82) is 0 Å². The summed E-state index contributed by atoms with van der Waals surface area (Å²) < 4.78 is 0. The first kappa shape index (κ1) is 7.46. The zero-order valence-electron chi connectivity index (χ0n) is 5.36. The van der Waals surface area contributed by atoms with Crippen LogP contribution in [0.2, 0.25) is 0 Å². The highest BCUT2D eigenvalue weighted by Gasteiger charge is 2.24. The minimum atomic E-state index is -1.02. The van der Waals surface area contributed by atoms with Crippen LogP contribution < -0.4 is 5.43 Å². The molecular weight excluding hydrogens is 137 g/mol. The van der Waals surface area contributed by atoms with Crippen molar-refractivity contribution in [3.8, 4) is 0 Å². The van der Waals surface area contributed by atoms with Crippen molar-refractivity contribution in [1.82, 2.24) is 5.43 Å². The van der Waals surface area contributed by atoms with E-state index in [9.17, 15) is 0 Å². The van der Waals surface area contributed by atoms with Crippen LogP contribution in [0.25, 0.3) is 0 Å². The molecule has 0 saturated heterocycles. The van der Waals surface area contributed by atoms with Gasteiger partial charge in [-0.25, -0.2) is 0 Å². The average Bonchev–Trinajstić information content (AvgIpc) is 1.95. The maximum absolute atomic E-state index is 9.06. The number of hydrogen-bond donors (Lipinski definition) is 4. The fraction of sp³-hybridized carbons (Fsp3) is 0.800. The molecule has 0 aromatic rings. The molecule has 0 aromatic carbocycles. The summed E-state index contributed by atoms with van der Waals surface area (Å²) >= 11 is 0. The number of aliphatic hydroxyl groups is 3. The lowest BCUT2D eigenvalue weighted by molar-refractivity contribution is 0.0502. The largest absolute Gasteiger partial charge is 0.390 e. The summed E-state index contributed by atoms with van der Waals surface area (Å²) in [6, 6.07) is 0. The summed E-state index contributed by atoms with van der Waals surface area (Å²) in [5.74, 6) is 0. The Morgan fingerprint density at radius 1 is 1.60 bits per heavy atom. The minimum Gasteiger partial charge on any atom is -0.390 e. The van der Waals surface area contributed by atoms with E-state index < -0.39 is 12.2 Å². The fourth-order valence-electron chi connectivity index (χ4n) is 0.769. The van der Waals surface area contributed by atoms with Crippen LogP contribution in [0, 0.1) is 0 Å². The van der Waals surface area contributed by atoms with Crippen LogP contribution in [0.1, 0.15) is 0 Å². The van der Waals surface area contributed by atoms with Crippen molar-refractivity contribution in [2.45, 2.75) is 12.2 Å². The SMILES string of the molecule is OC[13C]1=NNC[C@@H](O)[C@@H]1O. The smallest absolute Gasteiger partial charge is 0.124 e. The number of nitrogens with one attached hydrogen (secondary N) is 1. The first-order valence-corrected chi connectivity index (χ1v) is 3.02. The van der Waals surface area contributed by atoms with Gasteiger partial charge < -0.3 is 20.7 Å². The van der Waals surface area contributed by atoms with Crippen LogP contribution in [0.15, 0.2) is 5.10 Å². The predicted octanol–water partition coefficient (Wildman–Crippen LogP) is -2.34. The molecule has 10 heavy (non-hydrogen) atoms. The first-order chi connectivity index (χ1) is 4.75. The van der Waals surface area contributed by atoms with Crippen molar-refractivity contribution in [2.75, 3.05) is 13.2 Å². The van der Waals surface area contributed by atoms with Gasteiger partial charge in [0.2, 0.25) is 0 Å². The van der Waals surface area contributed by atoms with Gasteiger partial charge in [0.15, 0.2) is 0 Å². The molecule has 5 nitrogen and oxygen atoms in total. The lowest BCUT2D eigenvalue weighted by Crippen LogP contribution is -2.46. The van der Waals surface area contributed by atoms with Crippen molar-refractivity contribution < 1.29 is 15.3 Å². The van der Waals surface area contributed by atoms with Gasteiger partial charge in [-0.15, -0.1) is 0 Å². The second-order valence-corrected chi connectivity index (χ2v) is 2.14. The molecule has 1 rings (SSSR count). The Labute approximate surface area is 58.0 Å². The maximum atomic E-state index is 9.06. The van der Waals surface area contributed by atoms with Crippen LogP contribution in [-0.2, 0) is 0 Å². The zero-order chi connectivity index (χ0) is 7.56. The molecule has 2 atom stereocenters. The standard InChI is InChI=1S/C5H10N2O3/c8-2-3-5(10)4(9)1-6-7-3/h4-6,8-10H,1-2H2/t4-,5-/m1/s1/i3+1. The molecule has 1 heterocycles. The van der Waals surface area contributed by atoms with Crippen molar-refractivity contribution in [3.05, 3.63) is 0 Å². The molecule has 0 amide bonds. The lowest BCUT2D eigenvalue weighted by atomic mass is 10.2. The number of hydrazone groups is 1. The summed E-state index contributed by atoms with van der Waals surface area (Å²) in [5.41, 5.74) is 2.66. The van der Waals surface area contributed by atoms with Crippen molar-refractivity contribution >= 4 is 5.71 Å². The van der Waals surface area contributed by atoms with Crippen LogP contribution in [0.5, 0.6) is 0 Å². The summed E-state index contributed by atoms with van der Waals surface area (Å²) in [7, 11) is 0. The van der Waals surface area contributed by atoms with E-state index in [1.165, 1.54) is 0 Å². The molecule has 4 N–H and O–H groups in total. The Bertz CT molecular complexity index is 148. The van der Waals surface area contributed by atoms with E-state index in [2.05, 4.69) is 10.5 Å². The van der Waals surface area contributed by atoms with E-state index in [1.807, 2.05) is 0 Å². The Kier molecular flexibility index (Phi) is 2.21. The molecule has 1 aliphatic heterocycles. The molecule has 5 heteroatoms. The van der Waals surface area contributed by atoms with E-state index in [0.717, 1.165) is 0 Å². The van der Waals surface area contributed by atoms with Gasteiger partial charge in [-0.2, -0.15) is 5.10 Å². The number of rotatable bonds is 1. The van der Waals surface area contributed by atoms with Crippen molar-refractivity contribution in [3.63, 3.8) is 0 Å². The van der Waals surface area contributed by atoms with E-state index in [0.29, 0.717) is 0 Å². The number of nitrogens with zero attached hydrogens (tertiary/aromatic N) is 1. The van der Waals surface area contributed by atoms with Crippen LogP contribution in [0.3, 0.4) is 0 Å². The molecule has 0 bridgehead atoms. The molecule has 0 unspecified atom stereocenters. The van der Waals surface area contributed by atoms with E-state index in [4.69, 9.17) is 15.3 Å². The van der Waals surface area contributed by atoms with Gasteiger partial charge in [0.05, 0.1) is 18.9 Å². The normalized spacial score (nSPS) is 32.9. The highest BCUT2D eigenvalue weighted by atomic mass is 16.3. The van der Waals surface area contributed by atoms with Gasteiger partial charge in [0, 0.05) is 0 Å². The van der Waals surface area contributed by atoms with Gasteiger partial charge in [-0.1, -0.05) is 0 Å². The molecule has 0 aliphatic carbocycles. The minimum absolute atomic E-state index is 0.179. The van der Waals surface area contributed by atoms with Gasteiger partial charge in [0.1, 0.15) is 12.2 Å². The highest BCUT2D eigenvalue weighted by Crippen LogP contribution is 1.99. The Balaban J connectivity index is 2.62. The topological polar surface area (TPSA) is 85.1 Å². The first-order valence-electron chi connectivity index (χ1n) is 3.02. The van der Waals surface area contributed by atoms with Crippen LogP contribution in [-0.4, -0.2) is 46.4 Å². The quantitative estimate of drug-likeness (QED) is 0.313. The van der Waals surface area contributed by atoms with Gasteiger partial charge >= 0.3 is 0 Å². The molecule has 0 radical (unpaired) electrons. The Morgan fingerprint density at radius 2 is 2.30 bits per heavy atom.